The Balaban J connectivity index is 2.08. The van der Waals surface area contributed by atoms with Crippen LogP contribution in [0.25, 0.3) is 0 Å². The van der Waals surface area contributed by atoms with E-state index in [0.717, 1.165) is 24.1 Å². The van der Waals surface area contributed by atoms with Gasteiger partial charge in [-0.1, -0.05) is 13.8 Å². The Labute approximate surface area is 115 Å². The van der Waals surface area contributed by atoms with Crippen LogP contribution in [0, 0.1) is 5.41 Å². The van der Waals surface area contributed by atoms with Crippen molar-refractivity contribution in [3.63, 3.8) is 0 Å². The fourth-order valence-corrected chi connectivity index (χ4v) is 3.28. The maximum atomic E-state index is 12.1. The largest absolute Gasteiger partial charge is 0.441 e. The van der Waals surface area contributed by atoms with Crippen LogP contribution < -0.4 is 5.73 Å². The molecule has 0 amide bonds. The van der Waals surface area contributed by atoms with Gasteiger partial charge in [0.1, 0.15) is 0 Å². The number of aryl methyl sites for hydroxylation is 1. The van der Waals surface area contributed by atoms with Crippen molar-refractivity contribution in [1.82, 2.24) is 4.57 Å². The number of alkyl halides is 3. The predicted molar refractivity (Wildman–Crippen MR) is 72.0 cm³/mol. The summed E-state index contributed by atoms with van der Waals surface area (Å²) in [6, 6.07) is 1.95. The van der Waals surface area contributed by atoms with Gasteiger partial charge in [0.25, 0.3) is 0 Å². The van der Waals surface area contributed by atoms with E-state index in [9.17, 15) is 13.2 Å². The third kappa shape index (κ3) is 3.69. The molecule has 2 N–H and O–H groups in total. The number of nitrogens with zero attached hydrogens (tertiary/aromatic N) is 1. The van der Waals surface area contributed by atoms with Gasteiger partial charge in [0.15, 0.2) is 0 Å². The van der Waals surface area contributed by atoms with E-state index < -0.39 is 5.51 Å². The van der Waals surface area contributed by atoms with Crippen LogP contribution in [0.1, 0.15) is 37.6 Å². The summed E-state index contributed by atoms with van der Waals surface area (Å²) in [7, 11) is 0. The molecule has 1 aliphatic carbocycles. The van der Waals surface area contributed by atoms with Crippen LogP contribution in [0.3, 0.4) is 0 Å². The minimum absolute atomic E-state index is 0.00438. The zero-order valence-corrected chi connectivity index (χ0v) is 11.9. The molecule has 1 unspecified atom stereocenters. The molecule has 2 nitrogen and oxygen atoms in total. The maximum absolute atomic E-state index is 12.1. The number of hydrogen-bond acceptors (Lipinski definition) is 2. The smallest absolute Gasteiger partial charge is 0.350 e. The van der Waals surface area contributed by atoms with Crippen molar-refractivity contribution >= 4 is 11.8 Å². The normalized spacial score (nSPS) is 22.3. The Morgan fingerprint density at radius 1 is 1.47 bits per heavy atom. The van der Waals surface area contributed by atoms with Crippen LogP contribution >= 0.6 is 11.8 Å². The van der Waals surface area contributed by atoms with Crippen molar-refractivity contribution in [2.24, 2.45) is 11.1 Å². The number of halogens is 3. The summed E-state index contributed by atoms with van der Waals surface area (Å²) in [5, 5.41) is 0. The molecule has 0 saturated carbocycles. The average Bonchev–Trinajstić information content (AvgIpc) is 2.58. The molecule has 1 atom stereocenters. The monoisotopic (exact) mass is 292 g/mol. The van der Waals surface area contributed by atoms with E-state index in [1.165, 1.54) is 0 Å². The summed E-state index contributed by atoms with van der Waals surface area (Å²) >= 11 is 0.0311. The topological polar surface area (TPSA) is 30.9 Å². The van der Waals surface area contributed by atoms with Crippen LogP contribution in [0.4, 0.5) is 13.2 Å². The van der Waals surface area contributed by atoms with Gasteiger partial charge in [-0.3, -0.25) is 0 Å². The molecule has 1 aliphatic rings. The van der Waals surface area contributed by atoms with Gasteiger partial charge in [0, 0.05) is 30.2 Å². The molecule has 108 valence electrons. The zero-order valence-electron chi connectivity index (χ0n) is 11.1. The van der Waals surface area contributed by atoms with E-state index >= 15 is 0 Å². The average molecular weight is 292 g/mol. The van der Waals surface area contributed by atoms with Crippen LogP contribution in [0.2, 0.25) is 0 Å². The lowest BCUT2D eigenvalue weighted by Gasteiger charge is -2.34. The molecular weight excluding hydrogens is 273 g/mol. The van der Waals surface area contributed by atoms with Crippen molar-refractivity contribution in [1.29, 1.82) is 0 Å². The molecule has 0 bridgehead atoms. The number of thioether (sulfide) groups is 1. The molecule has 0 radical (unpaired) electrons. The Hall–Kier alpha value is -0.620. The second kappa shape index (κ2) is 5.05. The van der Waals surface area contributed by atoms with E-state index in [2.05, 4.69) is 13.8 Å². The second-order valence-electron chi connectivity index (χ2n) is 5.86. The Bertz CT molecular complexity index is 451. The van der Waals surface area contributed by atoms with E-state index in [1.54, 1.807) is 0 Å². The van der Waals surface area contributed by atoms with Crippen molar-refractivity contribution in [3.8, 4) is 0 Å². The molecule has 1 aromatic rings. The van der Waals surface area contributed by atoms with Gasteiger partial charge in [0.05, 0.1) is 0 Å². The van der Waals surface area contributed by atoms with Crippen molar-refractivity contribution < 1.29 is 13.2 Å². The van der Waals surface area contributed by atoms with Crippen LogP contribution in [-0.4, -0.2) is 15.8 Å². The molecule has 0 aliphatic heterocycles. The van der Waals surface area contributed by atoms with Crippen molar-refractivity contribution in [3.05, 3.63) is 23.5 Å². The molecule has 1 heterocycles. The number of hydrogen-bond donors (Lipinski definition) is 1. The van der Waals surface area contributed by atoms with Gasteiger partial charge in [0.2, 0.25) is 0 Å². The molecular formula is C13H19F3N2S. The lowest BCUT2D eigenvalue weighted by molar-refractivity contribution is -0.0328. The Kier molecular flexibility index (Phi) is 3.93. The highest BCUT2D eigenvalue weighted by Gasteiger charge is 2.32. The highest BCUT2D eigenvalue weighted by Crippen LogP contribution is 2.40. The summed E-state index contributed by atoms with van der Waals surface area (Å²) in [5.41, 5.74) is 4.29. The Morgan fingerprint density at radius 3 is 2.79 bits per heavy atom. The standard InChI is InChI=1S/C13H19F3N2S/c1-12(2)7-10(17)9-3-4-18(11(9)8-12)5-6-19-13(14,15)16/h3-4,10H,5-8,17H2,1-2H3. The maximum Gasteiger partial charge on any atom is 0.441 e. The van der Waals surface area contributed by atoms with Crippen LogP contribution in [0.15, 0.2) is 12.3 Å². The zero-order chi connectivity index (χ0) is 14.3. The summed E-state index contributed by atoms with van der Waals surface area (Å²) in [6.45, 7) is 4.68. The van der Waals surface area contributed by atoms with Crippen LogP contribution in [-0.2, 0) is 13.0 Å². The number of fused-ring (bicyclic) bond motifs is 1. The third-order valence-corrected chi connectivity index (χ3v) is 4.24. The first-order valence-corrected chi connectivity index (χ1v) is 7.31. The molecule has 0 aromatic carbocycles. The number of aromatic nitrogens is 1. The lowest BCUT2D eigenvalue weighted by atomic mass is 9.74. The lowest BCUT2D eigenvalue weighted by Crippen LogP contribution is -2.30. The highest BCUT2D eigenvalue weighted by molar-refractivity contribution is 8.00. The summed E-state index contributed by atoms with van der Waals surface area (Å²) < 4.78 is 38.4. The quantitative estimate of drug-likeness (QED) is 0.920. The third-order valence-electron chi connectivity index (χ3n) is 3.53. The minimum atomic E-state index is -4.15. The second-order valence-corrected chi connectivity index (χ2v) is 7.02. The molecule has 6 heteroatoms. The van der Waals surface area contributed by atoms with E-state index in [0.29, 0.717) is 6.54 Å². The fourth-order valence-electron chi connectivity index (χ4n) is 2.76. The highest BCUT2D eigenvalue weighted by atomic mass is 32.2. The summed E-state index contributed by atoms with van der Waals surface area (Å²) in [5.74, 6) is 0.0420. The van der Waals surface area contributed by atoms with E-state index in [-0.39, 0.29) is 29.0 Å². The van der Waals surface area contributed by atoms with Gasteiger partial charge in [-0.25, -0.2) is 0 Å². The molecule has 19 heavy (non-hydrogen) atoms. The SMILES string of the molecule is CC1(C)Cc2c(ccn2CCSC(F)(F)F)C(N)C1. The predicted octanol–water partition coefficient (Wildman–Crippen LogP) is 3.71. The molecule has 0 fully saturated rings. The molecule has 2 rings (SSSR count). The first-order chi connectivity index (χ1) is 8.68. The Morgan fingerprint density at radius 2 is 2.16 bits per heavy atom. The molecule has 0 spiro atoms. The summed E-state index contributed by atoms with van der Waals surface area (Å²) in [4.78, 5) is 0. The minimum Gasteiger partial charge on any atom is -0.350 e. The fraction of sp³-hybridized carbons (Fsp3) is 0.692. The van der Waals surface area contributed by atoms with E-state index in [4.69, 9.17) is 5.73 Å². The van der Waals surface area contributed by atoms with Crippen molar-refractivity contribution in [2.75, 3.05) is 5.75 Å². The summed E-state index contributed by atoms with van der Waals surface area (Å²) in [6.07, 6.45) is 3.66. The van der Waals surface area contributed by atoms with Gasteiger partial charge >= 0.3 is 5.51 Å². The number of rotatable bonds is 3. The van der Waals surface area contributed by atoms with Gasteiger partial charge in [-0.2, -0.15) is 13.2 Å². The van der Waals surface area contributed by atoms with Gasteiger partial charge in [-0.05, 0) is 41.6 Å². The van der Waals surface area contributed by atoms with E-state index in [1.807, 2.05) is 16.8 Å². The number of nitrogens with two attached hydrogens (primary N) is 1. The first-order valence-electron chi connectivity index (χ1n) is 6.32. The van der Waals surface area contributed by atoms with Crippen LogP contribution in [0.5, 0.6) is 0 Å². The molecule has 1 aromatic heterocycles. The van der Waals surface area contributed by atoms with Gasteiger partial charge < -0.3 is 10.3 Å². The van der Waals surface area contributed by atoms with Gasteiger partial charge in [-0.15, -0.1) is 0 Å². The first kappa shape index (κ1) is 14.8. The molecule has 0 saturated heterocycles. The van der Waals surface area contributed by atoms with Crippen molar-refractivity contribution in [2.45, 2.75) is 44.8 Å².